The maximum absolute atomic E-state index is 11.2. The van der Waals surface area contributed by atoms with E-state index in [9.17, 15) is 9.90 Å². The number of aryl methyl sites for hydroxylation is 1. The number of fused-ring (bicyclic) bond motifs is 1. The van der Waals surface area contributed by atoms with E-state index in [4.69, 9.17) is 0 Å². The Balaban J connectivity index is 1.92. The van der Waals surface area contributed by atoms with E-state index in [1.54, 1.807) is 0 Å². The lowest BCUT2D eigenvalue weighted by Crippen LogP contribution is -2.33. The monoisotopic (exact) mass is 263 g/mol. The normalized spacial score (nSPS) is 25.8. The molecule has 5 heteroatoms. The number of aromatic nitrogens is 3. The molecule has 5 nitrogen and oxygen atoms in total. The zero-order chi connectivity index (χ0) is 13.5. The van der Waals surface area contributed by atoms with E-state index in [1.165, 1.54) is 19.3 Å². The van der Waals surface area contributed by atoms with Crippen LogP contribution in [0.3, 0.4) is 0 Å². The van der Waals surface area contributed by atoms with Gasteiger partial charge in [-0.25, -0.2) is 0 Å². The van der Waals surface area contributed by atoms with E-state index in [2.05, 4.69) is 21.7 Å². The van der Waals surface area contributed by atoms with Gasteiger partial charge in [-0.3, -0.25) is 4.79 Å². The van der Waals surface area contributed by atoms with E-state index >= 15 is 0 Å². The summed E-state index contributed by atoms with van der Waals surface area (Å²) < 4.78 is 2.09. The minimum atomic E-state index is -0.695. The van der Waals surface area contributed by atoms with Crippen LogP contribution in [0.15, 0.2) is 0 Å². The van der Waals surface area contributed by atoms with Gasteiger partial charge >= 0.3 is 5.97 Å². The molecule has 0 bridgehead atoms. The molecule has 3 rings (SSSR count). The summed E-state index contributed by atoms with van der Waals surface area (Å²) in [4.78, 5) is 11.2. The molecular formula is C14H21N3O2. The fourth-order valence-corrected chi connectivity index (χ4v) is 3.53. The fourth-order valence-electron chi connectivity index (χ4n) is 3.53. The highest BCUT2D eigenvalue weighted by Gasteiger charge is 2.37. The van der Waals surface area contributed by atoms with Gasteiger partial charge < -0.3 is 9.67 Å². The van der Waals surface area contributed by atoms with Crippen LogP contribution in [-0.4, -0.2) is 25.8 Å². The fraction of sp³-hybridized carbons (Fsp3) is 0.786. The number of hydrogen-bond acceptors (Lipinski definition) is 3. The van der Waals surface area contributed by atoms with Crippen molar-refractivity contribution in [1.82, 2.24) is 14.8 Å². The minimum absolute atomic E-state index is 0.0872. The van der Waals surface area contributed by atoms with Gasteiger partial charge in [0.1, 0.15) is 11.6 Å². The van der Waals surface area contributed by atoms with Crippen molar-refractivity contribution in [3.63, 3.8) is 0 Å². The molecule has 1 N–H and O–H groups in total. The third kappa shape index (κ3) is 2.15. The van der Waals surface area contributed by atoms with Crippen LogP contribution in [0.1, 0.15) is 57.1 Å². The van der Waals surface area contributed by atoms with Gasteiger partial charge in [0, 0.05) is 18.4 Å². The van der Waals surface area contributed by atoms with Crippen molar-refractivity contribution in [2.24, 2.45) is 5.92 Å². The second-order valence-corrected chi connectivity index (χ2v) is 6.25. The summed E-state index contributed by atoms with van der Waals surface area (Å²) in [7, 11) is 0. The Morgan fingerprint density at radius 1 is 1.32 bits per heavy atom. The summed E-state index contributed by atoms with van der Waals surface area (Å²) in [5.41, 5.74) is 0.0872. The molecule has 1 aromatic heterocycles. The van der Waals surface area contributed by atoms with E-state index in [0.717, 1.165) is 30.9 Å². The van der Waals surface area contributed by atoms with Crippen LogP contribution in [0.5, 0.6) is 0 Å². The molecule has 19 heavy (non-hydrogen) atoms. The van der Waals surface area contributed by atoms with Crippen molar-refractivity contribution < 1.29 is 9.90 Å². The van der Waals surface area contributed by atoms with Crippen LogP contribution in [-0.2, 0) is 23.2 Å². The first-order valence-electron chi connectivity index (χ1n) is 7.25. The highest BCUT2D eigenvalue weighted by molar-refractivity contribution is 5.70. The van der Waals surface area contributed by atoms with Crippen LogP contribution in [0, 0.1) is 5.92 Å². The lowest BCUT2D eigenvalue weighted by Gasteiger charge is -2.34. The molecular weight excluding hydrogens is 242 g/mol. The highest BCUT2D eigenvalue weighted by atomic mass is 16.4. The number of aliphatic carboxylic acids is 1. The Labute approximate surface area is 113 Å². The average Bonchev–Trinajstić information content (AvgIpc) is 2.83. The zero-order valence-electron chi connectivity index (χ0n) is 11.4. The minimum Gasteiger partial charge on any atom is -0.481 e. The van der Waals surface area contributed by atoms with Gasteiger partial charge in [0.05, 0.1) is 5.92 Å². The van der Waals surface area contributed by atoms with Gasteiger partial charge in [-0.1, -0.05) is 26.2 Å². The van der Waals surface area contributed by atoms with Crippen molar-refractivity contribution in [3.8, 4) is 0 Å². The number of carboxylic acids is 1. The van der Waals surface area contributed by atoms with Crippen LogP contribution in [0.25, 0.3) is 0 Å². The molecule has 0 spiro atoms. The molecule has 1 atom stereocenters. The SMILES string of the molecule is CC1(c2nnc3n2CC(C(=O)O)CC3)CCCCC1. The molecule has 0 aromatic carbocycles. The third-order valence-corrected chi connectivity index (χ3v) is 4.79. The number of carboxylic acid groups (broad SMARTS) is 1. The number of nitrogens with zero attached hydrogens (tertiary/aromatic N) is 3. The summed E-state index contributed by atoms with van der Waals surface area (Å²) in [5, 5.41) is 17.9. The number of rotatable bonds is 2. The lowest BCUT2D eigenvalue weighted by molar-refractivity contribution is -0.142. The summed E-state index contributed by atoms with van der Waals surface area (Å²) in [6.45, 7) is 2.80. The Kier molecular flexibility index (Phi) is 3.07. The summed E-state index contributed by atoms with van der Waals surface area (Å²) in [6, 6.07) is 0. The molecule has 1 aliphatic carbocycles. The quantitative estimate of drug-likeness (QED) is 0.887. The second kappa shape index (κ2) is 4.62. The van der Waals surface area contributed by atoms with Crippen LogP contribution in [0.2, 0.25) is 0 Å². The predicted octanol–water partition coefficient (Wildman–Crippen LogP) is 2.15. The first-order chi connectivity index (χ1) is 9.10. The average molecular weight is 263 g/mol. The van der Waals surface area contributed by atoms with Crippen molar-refractivity contribution in [1.29, 1.82) is 0 Å². The Morgan fingerprint density at radius 3 is 2.74 bits per heavy atom. The highest BCUT2D eigenvalue weighted by Crippen LogP contribution is 2.39. The van der Waals surface area contributed by atoms with Gasteiger partial charge in [-0.15, -0.1) is 10.2 Å². The van der Waals surface area contributed by atoms with Crippen molar-refractivity contribution in [3.05, 3.63) is 11.6 Å². The summed E-state index contributed by atoms with van der Waals surface area (Å²) in [5.74, 6) is 1.01. The van der Waals surface area contributed by atoms with Gasteiger partial charge in [0.2, 0.25) is 0 Å². The van der Waals surface area contributed by atoms with Gasteiger partial charge in [-0.05, 0) is 19.3 Å². The maximum atomic E-state index is 11.2. The van der Waals surface area contributed by atoms with E-state index in [-0.39, 0.29) is 11.3 Å². The molecule has 2 aliphatic rings. The predicted molar refractivity (Wildman–Crippen MR) is 69.9 cm³/mol. The molecule has 104 valence electrons. The van der Waals surface area contributed by atoms with Gasteiger partial charge in [0.25, 0.3) is 0 Å². The number of carbonyl (C=O) groups is 1. The molecule has 1 saturated carbocycles. The smallest absolute Gasteiger partial charge is 0.308 e. The Hall–Kier alpha value is -1.39. The third-order valence-electron chi connectivity index (χ3n) is 4.79. The molecule has 0 radical (unpaired) electrons. The van der Waals surface area contributed by atoms with Gasteiger partial charge in [0.15, 0.2) is 0 Å². The van der Waals surface area contributed by atoms with Crippen molar-refractivity contribution >= 4 is 5.97 Å². The largest absolute Gasteiger partial charge is 0.481 e. The first kappa shape index (κ1) is 12.6. The summed E-state index contributed by atoms with van der Waals surface area (Å²) in [6.07, 6.45) is 7.48. The van der Waals surface area contributed by atoms with E-state index < -0.39 is 5.97 Å². The van der Waals surface area contributed by atoms with E-state index in [0.29, 0.717) is 13.0 Å². The van der Waals surface area contributed by atoms with Crippen molar-refractivity contribution in [2.75, 3.05) is 0 Å². The van der Waals surface area contributed by atoms with Crippen LogP contribution < -0.4 is 0 Å². The second-order valence-electron chi connectivity index (χ2n) is 6.25. The zero-order valence-corrected chi connectivity index (χ0v) is 11.4. The Morgan fingerprint density at radius 2 is 2.05 bits per heavy atom. The van der Waals surface area contributed by atoms with E-state index in [1.807, 2.05) is 0 Å². The molecule has 2 heterocycles. The topological polar surface area (TPSA) is 68.0 Å². The molecule has 1 aromatic rings. The standard InChI is InChI=1S/C14H21N3O2/c1-14(7-3-2-4-8-14)13-16-15-11-6-5-10(12(18)19)9-17(11)13/h10H,2-9H2,1H3,(H,18,19). The maximum Gasteiger partial charge on any atom is 0.308 e. The molecule has 0 saturated heterocycles. The lowest BCUT2D eigenvalue weighted by atomic mass is 9.75. The molecule has 1 aliphatic heterocycles. The Bertz CT molecular complexity index is 489. The van der Waals surface area contributed by atoms with Crippen LogP contribution in [0.4, 0.5) is 0 Å². The first-order valence-corrected chi connectivity index (χ1v) is 7.25. The molecule has 0 amide bonds. The molecule has 1 fully saturated rings. The van der Waals surface area contributed by atoms with Crippen LogP contribution >= 0.6 is 0 Å². The number of hydrogen-bond donors (Lipinski definition) is 1. The molecule has 1 unspecified atom stereocenters. The summed E-state index contributed by atoms with van der Waals surface area (Å²) >= 11 is 0. The van der Waals surface area contributed by atoms with Crippen molar-refractivity contribution in [2.45, 2.75) is 63.8 Å². The van der Waals surface area contributed by atoms with Gasteiger partial charge in [-0.2, -0.15) is 0 Å².